The first-order valence-corrected chi connectivity index (χ1v) is 8.11. The highest BCUT2D eigenvalue weighted by Gasteiger charge is 2.29. The van der Waals surface area contributed by atoms with Gasteiger partial charge in [0.1, 0.15) is 0 Å². The summed E-state index contributed by atoms with van der Waals surface area (Å²) in [4.78, 5) is 12.1. The summed E-state index contributed by atoms with van der Waals surface area (Å²) in [6.07, 6.45) is 0.898. The van der Waals surface area contributed by atoms with E-state index in [1.165, 1.54) is 12.1 Å². The Morgan fingerprint density at radius 3 is 2.45 bits per heavy atom. The Morgan fingerprint density at radius 2 is 1.95 bits per heavy atom. The Balaban J connectivity index is 3.05. The first-order valence-electron chi connectivity index (χ1n) is 6.56. The van der Waals surface area contributed by atoms with E-state index in [9.17, 15) is 13.2 Å². The minimum absolute atomic E-state index is 0.0503. The summed E-state index contributed by atoms with van der Waals surface area (Å²) in [5, 5.41) is 20.6. The van der Waals surface area contributed by atoms with Crippen molar-refractivity contribution in [1.82, 2.24) is 5.32 Å². The van der Waals surface area contributed by atoms with Gasteiger partial charge in [0.15, 0.2) is 0 Å². The van der Waals surface area contributed by atoms with Crippen LogP contribution in [0.5, 0.6) is 0 Å². The number of sulfone groups is 1. The van der Waals surface area contributed by atoms with Gasteiger partial charge >= 0.3 is 0 Å². The fourth-order valence-electron chi connectivity index (χ4n) is 1.78. The summed E-state index contributed by atoms with van der Waals surface area (Å²) in [5.41, 5.74) is -0.217. The predicted molar refractivity (Wildman–Crippen MR) is 81.5 cm³/mol. The molecule has 22 heavy (non-hydrogen) atoms. The number of amides is 1. The molecule has 1 rings (SSSR count). The van der Waals surface area contributed by atoms with Crippen molar-refractivity contribution in [1.29, 1.82) is 5.26 Å². The van der Waals surface area contributed by atoms with Crippen molar-refractivity contribution in [2.45, 2.75) is 24.2 Å². The summed E-state index contributed by atoms with van der Waals surface area (Å²) in [6, 6.07) is 7.55. The monoisotopic (exact) mass is 322 g/mol. The largest absolute Gasteiger partial charge is 0.395 e. The quantitative estimate of drug-likeness (QED) is 0.756. The van der Waals surface area contributed by atoms with Gasteiger partial charge in [-0.3, -0.25) is 4.79 Å². The van der Waals surface area contributed by atoms with Crippen LogP contribution >= 0.6 is 0 Å². The molecule has 1 aromatic carbocycles. The third-order valence-corrected chi connectivity index (χ3v) is 4.61. The molecule has 0 fully saturated rings. The number of carbonyl (C=O) groups excluding carboxylic acids is 1. The Morgan fingerprint density at radius 1 is 1.36 bits per heavy atom. The SMILES string of the molecule is CC(C)(C(=O)NCCO)c1ccc(S(=O)(=O)/C=C/C#N)cc1. The van der Waals surface area contributed by atoms with Gasteiger partial charge in [0.25, 0.3) is 0 Å². The van der Waals surface area contributed by atoms with Gasteiger partial charge in [-0.1, -0.05) is 12.1 Å². The predicted octanol–water partition coefficient (Wildman–Crippen LogP) is 0.884. The third kappa shape index (κ3) is 4.16. The molecule has 0 unspecified atom stereocenters. The average molecular weight is 322 g/mol. The lowest BCUT2D eigenvalue weighted by Crippen LogP contribution is -2.41. The van der Waals surface area contributed by atoms with Crippen molar-refractivity contribution < 1.29 is 18.3 Å². The van der Waals surface area contributed by atoms with E-state index in [1.54, 1.807) is 32.0 Å². The second-order valence-electron chi connectivity index (χ2n) is 5.11. The fourth-order valence-corrected chi connectivity index (χ4v) is 2.69. The Labute approximate surface area is 130 Å². The van der Waals surface area contributed by atoms with E-state index in [4.69, 9.17) is 10.4 Å². The van der Waals surface area contributed by atoms with Crippen LogP contribution in [0.3, 0.4) is 0 Å². The zero-order valence-corrected chi connectivity index (χ0v) is 13.2. The molecule has 0 aliphatic rings. The molecule has 0 aliphatic heterocycles. The maximum Gasteiger partial charge on any atom is 0.230 e. The highest BCUT2D eigenvalue weighted by Crippen LogP contribution is 2.25. The topological polar surface area (TPSA) is 107 Å². The van der Waals surface area contributed by atoms with Gasteiger partial charge < -0.3 is 10.4 Å². The van der Waals surface area contributed by atoms with Gasteiger partial charge in [0.05, 0.1) is 23.0 Å². The molecule has 0 saturated carbocycles. The first kappa shape index (κ1) is 17.9. The lowest BCUT2D eigenvalue weighted by Gasteiger charge is -2.24. The van der Waals surface area contributed by atoms with Gasteiger partial charge in [-0.25, -0.2) is 8.42 Å². The number of carbonyl (C=O) groups is 1. The van der Waals surface area contributed by atoms with Gasteiger partial charge in [-0.2, -0.15) is 5.26 Å². The number of hydrogen-bond donors (Lipinski definition) is 2. The lowest BCUT2D eigenvalue weighted by atomic mass is 9.84. The Kier molecular flexibility index (Phi) is 5.85. The molecule has 0 heterocycles. The maximum absolute atomic E-state index is 12.1. The summed E-state index contributed by atoms with van der Waals surface area (Å²) in [7, 11) is -3.66. The highest BCUT2D eigenvalue weighted by atomic mass is 32.2. The van der Waals surface area contributed by atoms with Crippen molar-refractivity contribution in [3.05, 3.63) is 41.3 Å². The molecule has 2 N–H and O–H groups in total. The number of hydrogen-bond acceptors (Lipinski definition) is 5. The molecule has 0 bridgehead atoms. The smallest absolute Gasteiger partial charge is 0.230 e. The van der Waals surface area contributed by atoms with E-state index in [2.05, 4.69) is 5.32 Å². The van der Waals surface area contributed by atoms with Crippen LogP contribution in [0.2, 0.25) is 0 Å². The Bertz CT molecular complexity index is 698. The highest BCUT2D eigenvalue weighted by molar-refractivity contribution is 7.94. The number of aliphatic hydroxyl groups is 1. The molecule has 6 nitrogen and oxygen atoms in total. The van der Waals surface area contributed by atoms with Crippen LogP contribution in [0.15, 0.2) is 40.6 Å². The lowest BCUT2D eigenvalue weighted by molar-refractivity contribution is -0.125. The summed E-state index contributed by atoms with van der Waals surface area (Å²) in [6.45, 7) is 3.43. The molecule has 7 heteroatoms. The van der Waals surface area contributed by atoms with E-state index in [1.807, 2.05) is 0 Å². The molecule has 118 valence electrons. The van der Waals surface area contributed by atoms with Crippen molar-refractivity contribution >= 4 is 15.7 Å². The van der Waals surface area contributed by atoms with E-state index in [-0.39, 0.29) is 24.0 Å². The second kappa shape index (κ2) is 7.20. The summed E-state index contributed by atoms with van der Waals surface area (Å²) in [5.74, 6) is -0.262. The van der Waals surface area contributed by atoms with Gasteiger partial charge in [-0.15, -0.1) is 0 Å². The van der Waals surface area contributed by atoms with Crippen molar-refractivity contribution in [3.8, 4) is 6.07 Å². The molecule has 0 saturated heterocycles. The van der Waals surface area contributed by atoms with E-state index < -0.39 is 15.3 Å². The molecule has 0 aromatic heterocycles. The van der Waals surface area contributed by atoms with Crippen LogP contribution in [0.25, 0.3) is 0 Å². The number of aliphatic hydroxyl groups excluding tert-OH is 1. The van der Waals surface area contributed by atoms with Crippen LogP contribution in [-0.4, -0.2) is 32.6 Å². The zero-order chi connectivity index (χ0) is 16.8. The van der Waals surface area contributed by atoms with Crippen molar-refractivity contribution in [2.24, 2.45) is 0 Å². The normalized spacial score (nSPS) is 12.1. The number of nitriles is 1. The van der Waals surface area contributed by atoms with Gasteiger partial charge in [0.2, 0.25) is 15.7 Å². The average Bonchev–Trinajstić information content (AvgIpc) is 2.50. The molecular weight excluding hydrogens is 304 g/mol. The molecule has 1 aromatic rings. The summed E-state index contributed by atoms with van der Waals surface area (Å²) >= 11 is 0. The number of allylic oxidation sites excluding steroid dienone is 1. The molecule has 0 radical (unpaired) electrons. The van der Waals surface area contributed by atoms with Crippen molar-refractivity contribution in [2.75, 3.05) is 13.2 Å². The standard InChI is InChI=1S/C15H18N2O4S/c1-15(2,14(19)17-9-10-18)12-4-6-13(7-5-12)22(20,21)11-3-8-16/h3-7,11,18H,9-10H2,1-2H3,(H,17,19)/b11-3+. The van der Waals surface area contributed by atoms with Crippen LogP contribution in [-0.2, 0) is 20.0 Å². The number of nitrogens with zero attached hydrogens (tertiary/aromatic N) is 1. The number of rotatable bonds is 6. The second-order valence-corrected chi connectivity index (χ2v) is 6.94. The number of nitrogens with one attached hydrogen (secondary N) is 1. The van der Waals surface area contributed by atoms with Crippen LogP contribution in [0.4, 0.5) is 0 Å². The van der Waals surface area contributed by atoms with E-state index in [0.717, 1.165) is 11.5 Å². The molecular formula is C15H18N2O4S. The zero-order valence-electron chi connectivity index (χ0n) is 12.4. The fraction of sp³-hybridized carbons (Fsp3) is 0.333. The van der Waals surface area contributed by atoms with Crippen LogP contribution in [0.1, 0.15) is 19.4 Å². The summed E-state index contributed by atoms with van der Waals surface area (Å²) < 4.78 is 23.8. The minimum Gasteiger partial charge on any atom is -0.395 e. The van der Waals surface area contributed by atoms with Crippen molar-refractivity contribution in [3.63, 3.8) is 0 Å². The molecule has 0 spiro atoms. The van der Waals surface area contributed by atoms with Crippen LogP contribution < -0.4 is 5.32 Å². The number of benzene rings is 1. The molecule has 0 atom stereocenters. The molecule has 1 amide bonds. The van der Waals surface area contributed by atoms with Gasteiger partial charge in [0, 0.05) is 18.0 Å². The maximum atomic E-state index is 12.1. The van der Waals surface area contributed by atoms with Crippen LogP contribution in [0, 0.1) is 11.3 Å². The van der Waals surface area contributed by atoms with Gasteiger partial charge in [-0.05, 0) is 31.5 Å². The molecule has 0 aliphatic carbocycles. The minimum atomic E-state index is -3.66. The third-order valence-electron chi connectivity index (χ3n) is 3.19. The van der Waals surface area contributed by atoms with E-state index >= 15 is 0 Å². The van der Waals surface area contributed by atoms with E-state index in [0.29, 0.717) is 5.56 Å². The Hall–Kier alpha value is -2.17. The first-order chi connectivity index (χ1) is 10.3.